The van der Waals surface area contributed by atoms with E-state index >= 15 is 0 Å². The van der Waals surface area contributed by atoms with Crippen molar-refractivity contribution in [3.8, 4) is 0 Å². The van der Waals surface area contributed by atoms with Gasteiger partial charge in [-0.3, -0.25) is 0 Å². The zero-order chi connectivity index (χ0) is 15.1. The summed E-state index contributed by atoms with van der Waals surface area (Å²) in [6, 6.07) is 2.05. The normalized spacial score (nSPS) is 27.7. The predicted octanol–water partition coefficient (Wildman–Crippen LogP) is 2.97. The summed E-state index contributed by atoms with van der Waals surface area (Å²) in [4.78, 5) is 8.64. The maximum Gasteiger partial charge on any atom is 0.145 e. The first kappa shape index (κ1) is 14.2. The third kappa shape index (κ3) is 2.32. The van der Waals surface area contributed by atoms with Crippen molar-refractivity contribution in [2.75, 3.05) is 0 Å². The average Bonchev–Trinajstić information content (AvgIpc) is 3.26. The van der Waals surface area contributed by atoms with Crippen LogP contribution in [0.25, 0.3) is 11.0 Å². The van der Waals surface area contributed by atoms with Gasteiger partial charge in [0, 0.05) is 11.6 Å². The molecule has 4 rings (SSSR count). The fourth-order valence-corrected chi connectivity index (χ4v) is 4.03. The van der Waals surface area contributed by atoms with Gasteiger partial charge in [0.15, 0.2) is 0 Å². The van der Waals surface area contributed by atoms with Gasteiger partial charge in [-0.1, -0.05) is 12.8 Å². The highest BCUT2D eigenvalue weighted by Gasteiger charge is 2.36. The Labute approximate surface area is 130 Å². The molecule has 2 fully saturated rings. The van der Waals surface area contributed by atoms with Crippen LogP contribution in [0.5, 0.6) is 0 Å². The van der Waals surface area contributed by atoms with Gasteiger partial charge in [0.1, 0.15) is 18.2 Å². The Bertz CT molecular complexity index is 663. The third-order valence-corrected chi connectivity index (χ3v) is 5.31. The predicted molar refractivity (Wildman–Crippen MR) is 83.4 cm³/mol. The van der Waals surface area contributed by atoms with Crippen LogP contribution in [-0.4, -0.2) is 31.8 Å². The number of aryl methyl sites for hydroxylation is 1. The van der Waals surface area contributed by atoms with Crippen molar-refractivity contribution in [3.05, 3.63) is 24.3 Å². The molecular weight excluding hydrogens is 278 g/mol. The van der Waals surface area contributed by atoms with Gasteiger partial charge in [-0.05, 0) is 44.6 Å². The smallest absolute Gasteiger partial charge is 0.145 e. The maximum absolute atomic E-state index is 10.6. The first-order valence-corrected chi connectivity index (χ1v) is 8.35. The number of aromatic nitrogens is 3. The second kappa shape index (κ2) is 5.63. The molecule has 2 aliphatic rings. The number of hydrogen-bond acceptors (Lipinski definition) is 4. The van der Waals surface area contributed by atoms with E-state index in [1.165, 1.54) is 12.8 Å². The molecule has 3 heterocycles. The summed E-state index contributed by atoms with van der Waals surface area (Å²) in [6.07, 6.45) is 9.90. The Hall–Kier alpha value is -1.46. The molecule has 1 N–H and O–H groups in total. The van der Waals surface area contributed by atoms with Gasteiger partial charge in [0.05, 0.1) is 17.9 Å². The zero-order valence-electron chi connectivity index (χ0n) is 13.0. The standard InChI is InChI=1S/C17H23N3O2/c1-11-13-8-9-20(17(13)19-10-18-11)15-7-6-14(22-15)16(21)12-4-2-3-5-12/h8-10,12,14-16,21H,2-7H2,1H3. The van der Waals surface area contributed by atoms with Crippen molar-refractivity contribution in [1.29, 1.82) is 0 Å². The molecule has 22 heavy (non-hydrogen) atoms. The minimum atomic E-state index is -0.314. The van der Waals surface area contributed by atoms with Gasteiger partial charge in [0.25, 0.3) is 0 Å². The van der Waals surface area contributed by atoms with Crippen molar-refractivity contribution in [3.63, 3.8) is 0 Å². The molecule has 0 bridgehead atoms. The number of nitrogens with zero attached hydrogens (tertiary/aromatic N) is 3. The van der Waals surface area contributed by atoms with Crippen LogP contribution in [0.1, 0.15) is 50.4 Å². The summed E-state index contributed by atoms with van der Waals surface area (Å²) in [6.45, 7) is 2.00. The molecule has 1 saturated heterocycles. The monoisotopic (exact) mass is 301 g/mol. The molecule has 5 nitrogen and oxygen atoms in total. The molecular formula is C17H23N3O2. The minimum Gasteiger partial charge on any atom is -0.390 e. The average molecular weight is 301 g/mol. The summed E-state index contributed by atoms with van der Waals surface area (Å²) >= 11 is 0. The number of fused-ring (bicyclic) bond motifs is 1. The molecule has 118 valence electrons. The Balaban J connectivity index is 1.53. The van der Waals surface area contributed by atoms with Crippen LogP contribution in [0, 0.1) is 12.8 Å². The molecule has 3 unspecified atom stereocenters. The maximum atomic E-state index is 10.6. The van der Waals surface area contributed by atoms with Gasteiger partial charge in [-0.25, -0.2) is 9.97 Å². The second-order valence-electron chi connectivity index (χ2n) is 6.66. The van der Waals surface area contributed by atoms with Gasteiger partial charge in [0.2, 0.25) is 0 Å². The number of aliphatic hydroxyl groups is 1. The Morgan fingerprint density at radius 3 is 2.86 bits per heavy atom. The van der Waals surface area contributed by atoms with Crippen LogP contribution >= 0.6 is 0 Å². The van der Waals surface area contributed by atoms with Gasteiger partial charge < -0.3 is 14.4 Å². The van der Waals surface area contributed by atoms with E-state index in [0.717, 1.165) is 42.4 Å². The Morgan fingerprint density at radius 1 is 1.23 bits per heavy atom. The van der Waals surface area contributed by atoms with Gasteiger partial charge in [-0.2, -0.15) is 0 Å². The van der Waals surface area contributed by atoms with Crippen LogP contribution < -0.4 is 0 Å². The third-order valence-electron chi connectivity index (χ3n) is 5.31. The highest BCUT2D eigenvalue weighted by Crippen LogP contribution is 2.37. The van der Waals surface area contributed by atoms with E-state index in [4.69, 9.17) is 4.74 Å². The minimum absolute atomic E-state index is 0.0205. The lowest BCUT2D eigenvalue weighted by atomic mass is 9.95. The van der Waals surface area contributed by atoms with Crippen molar-refractivity contribution < 1.29 is 9.84 Å². The molecule has 2 aromatic heterocycles. The van der Waals surface area contributed by atoms with Crippen LogP contribution in [0.3, 0.4) is 0 Å². The fraction of sp³-hybridized carbons (Fsp3) is 0.647. The van der Waals surface area contributed by atoms with E-state index < -0.39 is 0 Å². The van der Waals surface area contributed by atoms with Gasteiger partial charge in [-0.15, -0.1) is 0 Å². The number of hydrogen-bond donors (Lipinski definition) is 1. The highest BCUT2D eigenvalue weighted by molar-refractivity contribution is 5.78. The van der Waals surface area contributed by atoms with Crippen LogP contribution in [-0.2, 0) is 4.74 Å². The van der Waals surface area contributed by atoms with E-state index in [2.05, 4.69) is 20.6 Å². The largest absolute Gasteiger partial charge is 0.390 e. The molecule has 1 saturated carbocycles. The summed E-state index contributed by atoms with van der Waals surface area (Å²) < 4.78 is 8.27. The van der Waals surface area contributed by atoms with E-state index in [0.29, 0.717) is 5.92 Å². The molecule has 0 spiro atoms. The quantitative estimate of drug-likeness (QED) is 0.947. The van der Waals surface area contributed by atoms with E-state index in [9.17, 15) is 5.11 Å². The molecule has 1 aliphatic heterocycles. The molecule has 2 aromatic rings. The Kier molecular flexibility index (Phi) is 3.62. The Morgan fingerprint density at radius 2 is 2.05 bits per heavy atom. The van der Waals surface area contributed by atoms with Crippen LogP contribution in [0.4, 0.5) is 0 Å². The van der Waals surface area contributed by atoms with E-state index in [-0.39, 0.29) is 18.4 Å². The lowest BCUT2D eigenvalue weighted by Gasteiger charge is -2.24. The summed E-state index contributed by atoms with van der Waals surface area (Å²) in [5.41, 5.74) is 1.91. The van der Waals surface area contributed by atoms with Crippen LogP contribution in [0.2, 0.25) is 0 Å². The SMILES string of the molecule is Cc1ncnc2c1ccn2C1CCC(C(O)C2CCCC2)O1. The molecule has 0 aromatic carbocycles. The van der Waals surface area contributed by atoms with Crippen LogP contribution in [0.15, 0.2) is 18.6 Å². The zero-order valence-corrected chi connectivity index (χ0v) is 13.0. The van der Waals surface area contributed by atoms with E-state index in [1.54, 1.807) is 6.33 Å². The lowest BCUT2D eigenvalue weighted by molar-refractivity contribution is -0.0760. The summed E-state index contributed by atoms with van der Waals surface area (Å²) in [5, 5.41) is 11.6. The lowest BCUT2D eigenvalue weighted by Crippen LogP contribution is -2.32. The van der Waals surface area contributed by atoms with Crippen molar-refractivity contribution in [2.24, 2.45) is 5.92 Å². The van der Waals surface area contributed by atoms with Crippen molar-refractivity contribution in [2.45, 2.75) is 63.9 Å². The molecule has 5 heteroatoms. The topological polar surface area (TPSA) is 60.2 Å². The van der Waals surface area contributed by atoms with Crippen molar-refractivity contribution in [1.82, 2.24) is 14.5 Å². The van der Waals surface area contributed by atoms with Crippen molar-refractivity contribution >= 4 is 11.0 Å². The second-order valence-corrected chi connectivity index (χ2v) is 6.66. The molecule has 0 amide bonds. The molecule has 1 aliphatic carbocycles. The molecule has 0 radical (unpaired) electrons. The highest BCUT2D eigenvalue weighted by atomic mass is 16.5. The summed E-state index contributed by atoms with van der Waals surface area (Å²) in [5.74, 6) is 0.426. The number of aliphatic hydroxyl groups excluding tert-OH is 1. The van der Waals surface area contributed by atoms with E-state index in [1.807, 2.05) is 13.1 Å². The van der Waals surface area contributed by atoms with Gasteiger partial charge >= 0.3 is 0 Å². The first-order valence-electron chi connectivity index (χ1n) is 8.35. The summed E-state index contributed by atoms with van der Waals surface area (Å²) in [7, 11) is 0. The number of ether oxygens (including phenoxy) is 1. The fourth-order valence-electron chi connectivity index (χ4n) is 4.03. The molecule has 3 atom stereocenters. The first-order chi connectivity index (χ1) is 10.7. The number of rotatable bonds is 3.